The number of aromatic nitrogens is 2. The topological polar surface area (TPSA) is 33.5 Å². The number of benzene rings is 4. The van der Waals surface area contributed by atoms with E-state index in [-0.39, 0.29) is 11.0 Å². The lowest BCUT2D eigenvalue weighted by atomic mass is 9.77. The summed E-state index contributed by atoms with van der Waals surface area (Å²) in [5.74, 6) is 0.936. The Bertz CT molecular complexity index is 1960. The summed E-state index contributed by atoms with van der Waals surface area (Å²) in [4.78, 5) is 11.2. The van der Waals surface area contributed by atoms with Gasteiger partial charge in [-0.2, -0.15) is 5.06 Å². The van der Waals surface area contributed by atoms with Gasteiger partial charge in [0.1, 0.15) is 5.82 Å². The number of hydrogen-bond donors (Lipinski definition) is 0. The molecule has 5 heteroatoms. The van der Waals surface area contributed by atoms with E-state index in [9.17, 15) is 0 Å². The van der Waals surface area contributed by atoms with Gasteiger partial charge in [-0.1, -0.05) is 68.4 Å². The van der Waals surface area contributed by atoms with Crippen LogP contribution in [0.15, 0.2) is 109 Å². The van der Waals surface area contributed by atoms with Crippen molar-refractivity contribution in [2.24, 2.45) is 0 Å². The van der Waals surface area contributed by atoms with Gasteiger partial charge in [-0.3, -0.25) is 4.57 Å². The third-order valence-electron chi connectivity index (χ3n) is 8.42. The molecule has 0 N–H and O–H groups in total. The lowest BCUT2D eigenvalue weighted by Gasteiger charge is -2.32. The molecule has 0 saturated heterocycles. The standard InChI is InChI=1S/C37H36N4O/c1-25-20-21-38-35(22-25)39-31-15-8-7-14-29(31)30-19-18-27(24-34(30)39)37(5,6)26-12-11-13-28(23-26)40-32-16-9-10-17-33(32)41(42-40)36(2,3)4/h7-24H,1-6H3. The Kier molecular flexibility index (Phi) is 5.93. The average Bonchev–Trinajstić information content (AvgIpc) is 3.54. The molecule has 0 saturated carbocycles. The number of hydroxylamine groups is 1. The van der Waals surface area contributed by atoms with Gasteiger partial charge >= 0.3 is 0 Å². The smallest absolute Gasteiger partial charge is 0.137 e. The van der Waals surface area contributed by atoms with Gasteiger partial charge in [0.25, 0.3) is 0 Å². The van der Waals surface area contributed by atoms with Crippen molar-refractivity contribution < 1.29 is 4.94 Å². The molecule has 0 atom stereocenters. The highest BCUT2D eigenvalue weighted by atomic mass is 16.8. The van der Waals surface area contributed by atoms with Crippen LogP contribution in [0, 0.1) is 6.92 Å². The van der Waals surface area contributed by atoms with Crippen LogP contribution in [0.4, 0.5) is 17.1 Å². The number of para-hydroxylation sites is 3. The summed E-state index contributed by atoms with van der Waals surface area (Å²) in [7, 11) is 0. The molecule has 0 fully saturated rings. The first-order valence-corrected chi connectivity index (χ1v) is 14.6. The largest absolute Gasteiger partial charge is 0.294 e. The second-order valence-electron chi connectivity index (χ2n) is 12.8. The summed E-state index contributed by atoms with van der Waals surface area (Å²) >= 11 is 0. The summed E-state index contributed by atoms with van der Waals surface area (Å²) in [5, 5.41) is 6.40. The Hall–Kier alpha value is -4.61. The molecule has 42 heavy (non-hydrogen) atoms. The van der Waals surface area contributed by atoms with Crippen molar-refractivity contribution in [3.8, 4) is 5.82 Å². The van der Waals surface area contributed by atoms with E-state index in [1.165, 1.54) is 27.5 Å². The average molecular weight is 553 g/mol. The van der Waals surface area contributed by atoms with Crippen LogP contribution in [0.5, 0.6) is 0 Å². The van der Waals surface area contributed by atoms with Crippen LogP contribution < -0.4 is 10.1 Å². The van der Waals surface area contributed by atoms with E-state index in [1.54, 1.807) is 0 Å². The maximum Gasteiger partial charge on any atom is 0.137 e. The predicted molar refractivity (Wildman–Crippen MR) is 174 cm³/mol. The molecule has 0 unspecified atom stereocenters. The molecule has 210 valence electrons. The van der Waals surface area contributed by atoms with Gasteiger partial charge in [-0.05, 0) is 92.9 Å². The zero-order chi connectivity index (χ0) is 29.2. The van der Waals surface area contributed by atoms with Crippen LogP contribution in [-0.4, -0.2) is 15.1 Å². The first-order chi connectivity index (χ1) is 20.1. The first kappa shape index (κ1) is 26.3. The third kappa shape index (κ3) is 4.15. The molecule has 4 aromatic carbocycles. The van der Waals surface area contributed by atoms with Crippen LogP contribution in [-0.2, 0) is 10.4 Å². The molecule has 5 nitrogen and oxygen atoms in total. The predicted octanol–water partition coefficient (Wildman–Crippen LogP) is 9.42. The van der Waals surface area contributed by atoms with Gasteiger partial charge in [0, 0.05) is 22.4 Å². The minimum atomic E-state index is -0.269. The van der Waals surface area contributed by atoms with E-state index >= 15 is 0 Å². The van der Waals surface area contributed by atoms with Gasteiger partial charge in [-0.15, -0.1) is 4.94 Å². The molecule has 2 aromatic heterocycles. The van der Waals surface area contributed by atoms with E-state index < -0.39 is 0 Å². The van der Waals surface area contributed by atoms with E-state index in [0.717, 1.165) is 33.9 Å². The minimum Gasteiger partial charge on any atom is -0.294 e. The molecule has 0 amide bonds. The highest BCUT2D eigenvalue weighted by Crippen LogP contribution is 2.45. The third-order valence-corrected chi connectivity index (χ3v) is 8.42. The van der Waals surface area contributed by atoms with Crippen molar-refractivity contribution in [1.82, 2.24) is 9.55 Å². The number of aryl methyl sites for hydroxylation is 1. The van der Waals surface area contributed by atoms with Crippen LogP contribution in [0.1, 0.15) is 51.3 Å². The second kappa shape index (κ2) is 9.47. The summed E-state index contributed by atoms with van der Waals surface area (Å²) in [6.07, 6.45) is 1.89. The van der Waals surface area contributed by atoms with Gasteiger partial charge in [-0.25, -0.2) is 10.0 Å². The Balaban J connectivity index is 1.34. The van der Waals surface area contributed by atoms with E-state index in [0.29, 0.717) is 0 Å². The number of pyridine rings is 1. The highest BCUT2D eigenvalue weighted by Gasteiger charge is 2.36. The minimum absolute atomic E-state index is 0.193. The molecule has 0 spiro atoms. The second-order valence-corrected chi connectivity index (χ2v) is 12.8. The monoisotopic (exact) mass is 552 g/mol. The molecule has 7 rings (SSSR count). The van der Waals surface area contributed by atoms with Crippen molar-refractivity contribution in [3.05, 3.63) is 126 Å². The number of fused-ring (bicyclic) bond motifs is 4. The number of anilines is 3. The number of nitrogens with zero attached hydrogens (tertiary/aromatic N) is 4. The normalized spacial score (nSPS) is 13.8. The van der Waals surface area contributed by atoms with Gasteiger partial charge in [0.05, 0.1) is 33.6 Å². The summed E-state index contributed by atoms with van der Waals surface area (Å²) in [6.45, 7) is 13.2. The van der Waals surface area contributed by atoms with Gasteiger partial charge in [0.15, 0.2) is 0 Å². The van der Waals surface area contributed by atoms with Crippen LogP contribution in [0.3, 0.4) is 0 Å². The Morgan fingerprint density at radius 2 is 1.36 bits per heavy atom. The Morgan fingerprint density at radius 1 is 0.643 bits per heavy atom. The maximum atomic E-state index is 6.48. The SMILES string of the molecule is Cc1ccnc(-n2c3ccccc3c3ccc(C(C)(C)c4cccc(N5ON(C(C)(C)C)c6ccccc65)c4)cc32)c1. The van der Waals surface area contributed by atoms with E-state index in [2.05, 4.69) is 143 Å². The highest BCUT2D eigenvalue weighted by molar-refractivity contribution is 6.09. The van der Waals surface area contributed by atoms with E-state index in [1.807, 2.05) is 22.4 Å². The molecular formula is C37H36N4O. The molecule has 0 bridgehead atoms. The number of hydrogen-bond acceptors (Lipinski definition) is 4. The summed E-state index contributed by atoms with van der Waals surface area (Å²) in [6, 6.07) is 36.8. The molecule has 3 heterocycles. The van der Waals surface area contributed by atoms with Crippen LogP contribution in [0.25, 0.3) is 27.6 Å². The zero-order valence-corrected chi connectivity index (χ0v) is 25.1. The van der Waals surface area contributed by atoms with Crippen molar-refractivity contribution in [2.75, 3.05) is 10.1 Å². The summed E-state index contributed by atoms with van der Waals surface area (Å²) in [5.41, 5.74) is 8.61. The fourth-order valence-corrected chi connectivity index (χ4v) is 6.08. The fraction of sp³-hybridized carbons (Fsp3) is 0.216. The van der Waals surface area contributed by atoms with Crippen LogP contribution in [0.2, 0.25) is 0 Å². The lowest BCUT2D eigenvalue weighted by Crippen LogP contribution is -2.41. The first-order valence-electron chi connectivity index (χ1n) is 14.6. The molecule has 1 aliphatic rings. The van der Waals surface area contributed by atoms with E-state index in [4.69, 9.17) is 9.92 Å². The summed E-state index contributed by atoms with van der Waals surface area (Å²) < 4.78 is 2.30. The maximum absolute atomic E-state index is 6.48. The Morgan fingerprint density at radius 3 is 2.14 bits per heavy atom. The molecule has 0 aliphatic carbocycles. The zero-order valence-electron chi connectivity index (χ0n) is 25.1. The van der Waals surface area contributed by atoms with Crippen molar-refractivity contribution in [2.45, 2.75) is 52.5 Å². The van der Waals surface area contributed by atoms with Gasteiger partial charge in [0.2, 0.25) is 0 Å². The Labute approximate surface area is 247 Å². The van der Waals surface area contributed by atoms with Crippen molar-refractivity contribution in [3.63, 3.8) is 0 Å². The van der Waals surface area contributed by atoms with Crippen LogP contribution >= 0.6 is 0 Å². The molecule has 6 aromatic rings. The fourth-order valence-electron chi connectivity index (χ4n) is 6.08. The quantitative estimate of drug-likeness (QED) is 0.218. The molecule has 1 aliphatic heterocycles. The lowest BCUT2D eigenvalue weighted by molar-refractivity contribution is 0.0842. The molecule has 0 radical (unpaired) electrons. The van der Waals surface area contributed by atoms with Crippen molar-refractivity contribution in [1.29, 1.82) is 0 Å². The van der Waals surface area contributed by atoms with Crippen molar-refractivity contribution >= 4 is 38.9 Å². The molecular weight excluding hydrogens is 516 g/mol. The number of rotatable bonds is 4. The van der Waals surface area contributed by atoms with Gasteiger partial charge < -0.3 is 0 Å².